The average Bonchev–Trinajstić information content (AvgIpc) is 2.68. The Labute approximate surface area is 91.5 Å². The number of phenols is 2. The van der Waals surface area contributed by atoms with Crippen molar-refractivity contribution in [2.75, 3.05) is 0 Å². The Bertz CT molecular complexity index is 497. The van der Waals surface area contributed by atoms with Gasteiger partial charge in [-0.15, -0.1) is 10.2 Å². The second-order valence-corrected chi connectivity index (χ2v) is 3.28. The summed E-state index contributed by atoms with van der Waals surface area (Å²) in [4.78, 5) is 0. The fourth-order valence-corrected chi connectivity index (χ4v) is 1.31. The number of hydrogen-bond donors (Lipinski definition) is 2. The Morgan fingerprint density at radius 2 is 1.94 bits per heavy atom. The van der Waals surface area contributed by atoms with Gasteiger partial charge in [-0.3, -0.25) is 0 Å². The van der Waals surface area contributed by atoms with Crippen molar-refractivity contribution in [1.82, 2.24) is 14.9 Å². The van der Waals surface area contributed by atoms with Crippen LogP contribution in [-0.4, -0.2) is 31.3 Å². The van der Waals surface area contributed by atoms with E-state index in [2.05, 4.69) is 15.3 Å². The second kappa shape index (κ2) is 4.01. The predicted molar refractivity (Wildman–Crippen MR) is 57.5 cm³/mol. The fourth-order valence-electron chi connectivity index (χ4n) is 1.31. The smallest absolute Gasteiger partial charge is 0.141 e. The van der Waals surface area contributed by atoms with E-state index in [1.165, 1.54) is 29.6 Å². The Kier molecular flexibility index (Phi) is 2.55. The van der Waals surface area contributed by atoms with Crippen LogP contribution in [0.2, 0.25) is 0 Å². The Balaban J connectivity index is 2.35. The summed E-state index contributed by atoms with van der Waals surface area (Å²) in [5.41, 5.74) is 1.28. The van der Waals surface area contributed by atoms with Crippen molar-refractivity contribution in [3.63, 3.8) is 0 Å². The molecule has 0 fully saturated rings. The molecule has 0 radical (unpaired) electrons. The molecule has 2 rings (SSSR count). The normalized spacial score (nSPS) is 11.1. The van der Waals surface area contributed by atoms with Crippen LogP contribution in [0.25, 0.3) is 0 Å². The number of aromatic nitrogens is 3. The van der Waals surface area contributed by atoms with Gasteiger partial charge >= 0.3 is 0 Å². The SMILES string of the molecule is Cc1cc(O)cc(O)c1/C=N\n1cnnc1. The number of aryl methyl sites for hydroxylation is 1. The summed E-state index contributed by atoms with van der Waals surface area (Å²) in [5.74, 6) is 0.00534. The van der Waals surface area contributed by atoms with Crippen LogP contribution in [0.15, 0.2) is 29.9 Å². The van der Waals surface area contributed by atoms with Crippen LogP contribution in [-0.2, 0) is 0 Å². The summed E-state index contributed by atoms with van der Waals surface area (Å²) < 4.78 is 1.41. The summed E-state index contributed by atoms with van der Waals surface area (Å²) in [6.45, 7) is 1.77. The average molecular weight is 218 g/mol. The molecule has 0 unspecified atom stereocenters. The zero-order valence-electron chi connectivity index (χ0n) is 8.57. The highest BCUT2D eigenvalue weighted by Gasteiger charge is 2.04. The molecule has 0 aliphatic heterocycles. The highest BCUT2D eigenvalue weighted by Crippen LogP contribution is 2.25. The van der Waals surface area contributed by atoms with E-state index in [9.17, 15) is 10.2 Å². The van der Waals surface area contributed by atoms with E-state index < -0.39 is 0 Å². The van der Waals surface area contributed by atoms with Crippen LogP contribution < -0.4 is 0 Å². The molecule has 1 aromatic carbocycles. The molecule has 82 valence electrons. The third kappa shape index (κ3) is 2.00. The zero-order chi connectivity index (χ0) is 11.5. The lowest BCUT2D eigenvalue weighted by atomic mass is 10.1. The van der Waals surface area contributed by atoms with Gasteiger partial charge in [-0.25, -0.2) is 4.68 Å². The van der Waals surface area contributed by atoms with Gasteiger partial charge in [0.25, 0.3) is 0 Å². The van der Waals surface area contributed by atoms with Crippen LogP contribution in [0, 0.1) is 6.92 Å². The van der Waals surface area contributed by atoms with Gasteiger partial charge in [0.2, 0.25) is 0 Å². The zero-order valence-corrected chi connectivity index (χ0v) is 8.57. The largest absolute Gasteiger partial charge is 0.508 e. The molecular formula is C10H10N4O2. The molecule has 1 aromatic heterocycles. The minimum absolute atomic E-state index is 0.0191. The van der Waals surface area contributed by atoms with Crippen LogP contribution in [0.5, 0.6) is 11.5 Å². The van der Waals surface area contributed by atoms with Gasteiger partial charge in [0.1, 0.15) is 24.2 Å². The molecule has 16 heavy (non-hydrogen) atoms. The maximum Gasteiger partial charge on any atom is 0.141 e. The highest BCUT2D eigenvalue weighted by atomic mass is 16.3. The van der Waals surface area contributed by atoms with E-state index in [1.807, 2.05) is 0 Å². The van der Waals surface area contributed by atoms with Crippen molar-refractivity contribution < 1.29 is 10.2 Å². The van der Waals surface area contributed by atoms with Crippen molar-refractivity contribution in [2.24, 2.45) is 5.10 Å². The summed E-state index contributed by atoms with van der Waals surface area (Å²) in [6.07, 6.45) is 4.35. The first kappa shape index (κ1) is 10.2. The van der Waals surface area contributed by atoms with Crippen LogP contribution in [0.3, 0.4) is 0 Å². The lowest BCUT2D eigenvalue weighted by Gasteiger charge is -2.03. The van der Waals surface area contributed by atoms with Gasteiger partial charge in [-0.1, -0.05) is 0 Å². The molecule has 2 aromatic rings. The van der Waals surface area contributed by atoms with Gasteiger partial charge in [0.15, 0.2) is 0 Å². The summed E-state index contributed by atoms with van der Waals surface area (Å²) in [5, 5.41) is 30.0. The lowest BCUT2D eigenvalue weighted by Crippen LogP contribution is -1.91. The molecule has 6 nitrogen and oxygen atoms in total. The molecule has 0 aliphatic carbocycles. The molecule has 0 saturated carbocycles. The molecule has 2 N–H and O–H groups in total. The van der Waals surface area contributed by atoms with Crippen molar-refractivity contribution in [3.05, 3.63) is 35.9 Å². The van der Waals surface area contributed by atoms with E-state index >= 15 is 0 Å². The Morgan fingerprint density at radius 3 is 2.56 bits per heavy atom. The molecule has 0 atom stereocenters. The van der Waals surface area contributed by atoms with Crippen molar-refractivity contribution in [3.8, 4) is 11.5 Å². The quantitative estimate of drug-likeness (QED) is 0.733. The van der Waals surface area contributed by atoms with Crippen molar-refractivity contribution >= 4 is 6.21 Å². The first-order valence-corrected chi connectivity index (χ1v) is 4.58. The third-order valence-corrected chi connectivity index (χ3v) is 2.08. The number of aromatic hydroxyl groups is 2. The highest BCUT2D eigenvalue weighted by molar-refractivity contribution is 5.85. The fraction of sp³-hybridized carbons (Fsp3) is 0.100. The first-order valence-electron chi connectivity index (χ1n) is 4.58. The third-order valence-electron chi connectivity index (χ3n) is 2.08. The molecule has 6 heteroatoms. The molecule has 1 heterocycles. The molecule has 0 bridgehead atoms. The molecular weight excluding hydrogens is 208 g/mol. The van der Waals surface area contributed by atoms with Gasteiger partial charge in [0.05, 0.1) is 6.21 Å². The minimum atomic E-state index is -0.0191. The van der Waals surface area contributed by atoms with Crippen molar-refractivity contribution in [2.45, 2.75) is 6.92 Å². The van der Waals surface area contributed by atoms with Crippen molar-refractivity contribution in [1.29, 1.82) is 0 Å². The van der Waals surface area contributed by atoms with Gasteiger partial charge in [-0.2, -0.15) is 5.10 Å². The molecule has 0 spiro atoms. The van der Waals surface area contributed by atoms with Gasteiger partial charge < -0.3 is 10.2 Å². The Morgan fingerprint density at radius 1 is 1.25 bits per heavy atom. The van der Waals surface area contributed by atoms with E-state index in [4.69, 9.17) is 0 Å². The molecule has 0 amide bonds. The van der Waals surface area contributed by atoms with E-state index in [-0.39, 0.29) is 11.5 Å². The standard InChI is InChI=1S/C10H10N4O2/c1-7-2-8(15)3-10(16)9(7)4-13-14-5-11-12-6-14/h2-6,15-16H,1H3/b13-4-. The summed E-state index contributed by atoms with van der Waals surface area (Å²) in [7, 11) is 0. The first-order chi connectivity index (χ1) is 7.66. The minimum Gasteiger partial charge on any atom is -0.508 e. The number of phenolic OH excluding ortho intramolecular Hbond substituents is 2. The van der Waals surface area contributed by atoms with E-state index in [1.54, 1.807) is 13.0 Å². The molecule has 0 saturated heterocycles. The summed E-state index contributed by atoms with van der Waals surface area (Å²) in [6, 6.07) is 2.81. The van der Waals surface area contributed by atoms with Crippen LogP contribution in [0.1, 0.15) is 11.1 Å². The molecule has 0 aliphatic rings. The summed E-state index contributed by atoms with van der Waals surface area (Å²) >= 11 is 0. The van der Waals surface area contributed by atoms with Gasteiger partial charge in [-0.05, 0) is 18.6 Å². The maximum absolute atomic E-state index is 9.61. The van der Waals surface area contributed by atoms with Crippen LogP contribution >= 0.6 is 0 Å². The maximum atomic E-state index is 9.61. The monoisotopic (exact) mass is 218 g/mol. The Hall–Kier alpha value is -2.37. The topological polar surface area (TPSA) is 83.5 Å². The number of rotatable bonds is 2. The van der Waals surface area contributed by atoms with E-state index in [0.717, 1.165) is 5.56 Å². The second-order valence-electron chi connectivity index (χ2n) is 3.28. The number of hydrogen-bond acceptors (Lipinski definition) is 5. The van der Waals surface area contributed by atoms with E-state index in [0.29, 0.717) is 5.56 Å². The van der Waals surface area contributed by atoms with Gasteiger partial charge in [0, 0.05) is 11.6 Å². The lowest BCUT2D eigenvalue weighted by molar-refractivity contribution is 0.449. The predicted octanol–water partition coefficient (Wildman–Crippen LogP) is 0.880. The number of benzene rings is 1. The van der Waals surface area contributed by atoms with Crippen LogP contribution in [0.4, 0.5) is 0 Å². The number of nitrogens with zero attached hydrogens (tertiary/aromatic N) is 4.